The van der Waals surface area contributed by atoms with Gasteiger partial charge in [-0.15, -0.1) is 0 Å². The molecule has 0 heterocycles. The zero-order valence-electron chi connectivity index (χ0n) is 16.2. The Kier molecular flexibility index (Phi) is 7.39. The van der Waals surface area contributed by atoms with E-state index in [4.69, 9.17) is 0 Å². The van der Waals surface area contributed by atoms with E-state index in [9.17, 15) is 9.90 Å². The van der Waals surface area contributed by atoms with E-state index in [1.54, 1.807) is 0 Å². The maximum atomic E-state index is 12.2. The van der Waals surface area contributed by atoms with E-state index in [1.807, 2.05) is 43.3 Å². The number of hydrogen-bond donors (Lipinski definition) is 2. The Labute approximate surface area is 159 Å². The summed E-state index contributed by atoms with van der Waals surface area (Å²) < 4.78 is 0. The molecule has 0 fully saturated rings. The molecule has 0 unspecified atom stereocenters. The fourth-order valence-corrected chi connectivity index (χ4v) is 7.82. The molecule has 0 aliphatic carbocycles. The van der Waals surface area contributed by atoms with Gasteiger partial charge in [0.25, 0.3) is 8.32 Å². The van der Waals surface area contributed by atoms with Gasteiger partial charge in [0, 0.05) is 6.61 Å². The van der Waals surface area contributed by atoms with E-state index in [0.717, 1.165) is 29.6 Å². The third-order valence-electron chi connectivity index (χ3n) is 5.40. The summed E-state index contributed by atoms with van der Waals surface area (Å²) in [6.45, 7) is 6.60. The maximum absolute atomic E-state index is 12.2. The van der Waals surface area contributed by atoms with E-state index in [0.29, 0.717) is 5.92 Å². The molecule has 2 nitrogen and oxygen atoms in total. The minimum absolute atomic E-state index is 0.189. The maximum Gasteiger partial charge on any atom is 0.258 e. The van der Waals surface area contributed by atoms with Crippen molar-refractivity contribution in [2.24, 2.45) is 5.92 Å². The van der Waals surface area contributed by atoms with E-state index in [-0.39, 0.29) is 11.6 Å². The number of benzene rings is 2. The zero-order chi connectivity index (χ0) is 19.0. The van der Waals surface area contributed by atoms with Crippen LogP contribution in [0, 0.1) is 5.92 Å². The van der Waals surface area contributed by atoms with Crippen LogP contribution in [-0.2, 0) is 0 Å². The highest BCUT2D eigenvalue weighted by molar-refractivity contribution is 6.98. The standard InChI is InChI=1S/C23H32O2Si/c1-4-5-12-20(17-18-24)19-23(2,3)26(25,21-13-8-6-9-14-21)22-15-10-7-11-16-22/h4-11,13-16,20,24-25H,12,17-19H2,1-3H3/b5-4-/t20-/m0/s1. The van der Waals surface area contributed by atoms with Crippen LogP contribution in [0.2, 0.25) is 5.04 Å². The molecule has 0 amide bonds. The summed E-state index contributed by atoms with van der Waals surface area (Å²) >= 11 is 0. The van der Waals surface area contributed by atoms with E-state index in [2.05, 4.69) is 50.3 Å². The van der Waals surface area contributed by atoms with Gasteiger partial charge in [0.05, 0.1) is 0 Å². The lowest BCUT2D eigenvalue weighted by molar-refractivity contribution is 0.242. The summed E-state index contributed by atoms with van der Waals surface area (Å²) in [5.41, 5.74) is 0. The number of rotatable bonds is 9. The summed E-state index contributed by atoms with van der Waals surface area (Å²) in [5.74, 6) is 0.359. The monoisotopic (exact) mass is 368 g/mol. The first-order chi connectivity index (χ1) is 12.5. The van der Waals surface area contributed by atoms with Gasteiger partial charge in [-0.2, -0.15) is 0 Å². The highest BCUT2D eigenvalue weighted by Gasteiger charge is 2.50. The van der Waals surface area contributed by atoms with Crippen LogP contribution in [0.3, 0.4) is 0 Å². The van der Waals surface area contributed by atoms with Crippen LogP contribution >= 0.6 is 0 Å². The molecule has 3 heteroatoms. The molecule has 2 rings (SSSR count). The smallest absolute Gasteiger partial charge is 0.258 e. The number of aliphatic hydroxyl groups is 1. The Morgan fingerprint density at radius 1 is 0.962 bits per heavy atom. The summed E-state index contributed by atoms with van der Waals surface area (Å²) in [6, 6.07) is 20.3. The average molecular weight is 369 g/mol. The van der Waals surface area contributed by atoms with Gasteiger partial charge < -0.3 is 9.90 Å². The Morgan fingerprint density at radius 3 is 1.88 bits per heavy atom. The van der Waals surface area contributed by atoms with Gasteiger partial charge >= 0.3 is 0 Å². The molecule has 0 saturated heterocycles. The molecular formula is C23H32O2Si. The predicted molar refractivity (Wildman–Crippen MR) is 113 cm³/mol. The normalized spacial score (nSPS) is 13.9. The first-order valence-electron chi connectivity index (χ1n) is 9.51. The van der Waals surface area contributed by atoms with Gasteiger partial charge in [-0.25, -0.2) is 0 Å². The molecule has 0 radical (unpaired) electrons. The second kappa shape index (κ2) is 9.31. The third-order valence-corrected chi connectivity index (χ3v) is 9.90. The Morgan fingerprint density at radius 2 is 1.46 bits per heavy atom. The van der Waals surface area contributed by atoms with E-state index in [1.165, 1.54) is 0 Å². The van der Waals surface area contributed by atoms with Crippen molar-refractivity contribution in [3.8, 4) is 0 Å². The van der Waals surface area contributed by atoms with Gasteiger partial charge in [0.2, 0.25) is 0 Å². The molecule has 2 aromatic carbocycles. The van der Waals surface area contributed by atoms with E-state index >= 15 is 0 Å². The van der Waals surface area contributed by atoms with Crippen LogP contribution in [0.1, 0.15) is 40.0 Å². The average Bonchev–Trinajstić information content (AvgIpc) is 2.66. The van der Waals surface area contributed by atoms with Crippen molar-refractivity contribution in [3.05, 3.63) is 72.8 Å². The van der Waals surface area contributed by atoms with Crippen molar-refractivity contribution in [3.63, 3.8) is 0 Å². The first-order valence-corrected chi connectivity index (χ1v) is 11.5. The Hall–Kier alpha value is -1.68. The Balaban J connectivity index is 2.46. The van der Waals surface area contributed by atoms with Crippen molar-refractivity contribution in [2.75, 3.05) is 6.61 Å². The molecule has 0 aliphatic rings. The van der Waals surface area contributed by atoms with Crippen LogP contribution in [-0.4, -0.2) is 24.8 Å². The Bertz CT molecular complexity index is 640. The highest BCUT2D eigenvalue weighted by atomic mass is 28.4. The lowest BCUT2D eigenvalue weighted by Gasteiger charge is -2.43. The predicted octanol–water partition coefficient (Wildman–Crippen LogP) is 3.87. The van der Waals surface area contributed by atoms with Gasteiger partial charge in [0.15, 0.2) is 0 Å². The second-order valence-electron chi connectivity index (χ2n) is 7.71. The molecule has 2 N–H and O–H groups in total. The number of allylic oxidation sites excluding steroid dienone is 2. The summed E-state index contributed by atoms with van der Waals surface area (Å²) in [5, 5.41) is 11.3. The minimum atomic E-state index is -2.97. The summed E-state index contributed by atoms with van der Waals surface area (Å²) in [6.07, 6.45) is 6.82. The van der Waals surface area contributed by atoms with Crippen molar-refractivity contribution < 1.29 is 9.90 Å². The lowest BCUT2D eigenvalue weighted by atomic mass is 9.90. The van der Waals surface area contributed by atoms with E-state index < -0.39 is 8.32 Å². The topological polar surface area (TPSA) is 40.5 Å². The summed E-state index contributed by atoms with van der Waals surface area (Å²) in [7, 11) is -2.97. The number of aliphatic hydroxyl groups excluding tert-OH is 1. The molecule has 26 heavy (non-hydrogen) atoms. The van der Waals surface area contributed by atoms with Crippen molar-refractivity contribution in [1.29, 1.82) is 0 Å². The zero-order valence-corrected chi connectivity index (χ0v) is 17.2. The molecule has 1 atom stereocenters. The van der Waals surface area contributed by atoms with Crippen molar-refractivity contribution in [2.45, 2.75) is 45.1 Å². The van der Waals surface area contributed by atoms with Gasteiger partial charge in [-0.3, -0.25) is 0 Å². The fraction of sp³-hybridized carbons (Fsp3) is 0.391. The SMILES string of the molecule is C/C=C\C[C@@H](CCO)CC(C)(C)[Si](O)(c1ccccc1)c1ccccc1. The quantitative estimate of drug-likeness (QED) is 0.521. The molecule has 2 aromatic rings. The van der Waals surface area contributed by atoms with Crippen molar-refractivity contribution >= 4 is 18.7 Å². The molecular weight excluding hydrogens is 336 g/mol. The molecule has 0 spiro atoms. The van der Waals surface area contributed by atoms with Crippen LogP contribution in [0.4, 0.5) is 0 Å². The molecule has 0 aliphatic heterocycles. The van der Waals surface area contributed by atoms with Crippen LogP contribution in [0.5, 0.6) is 0 Å². The van der Waals surface area contributed by atoms with Crippen molar-refractivity contribution in [1.82, 2.24) is 0 Å². The number of hydrogen-bond acceptors (Lipinski definition) is 2. The van der Waals surface area contributed by atoms with Gasteiger partial charge in [-0.05, 0) is 47.5 Å². The fourth-order valence-electron chi connectivity index (χ4n) is 3.99. The summed E-state index contributed by atoms with van der Waals surface area (Å²) in [4.78, 5) is 12.2. The van der Waals surface area contributed by atoms with Crippen LogP contribution in [0.25, 0.3) is 0 Å². The second-order valence-corrected chi connectivity index (χ2v) is 11.6. The minimum Gasteiger partial charge on any atom is -0.424 e. The first kappa shape index (κ1) is 20.6. The lowest BCUT2D eigenvalue weighted by Crippen LogP contribution is -2.65. The largest absolute Gasteiger partial charge is 0.424 e. The van der Waals surface area contributed by atoms with Gasteiger partial charge in [-0.1, -0.05) is 86.7 Å². The molecule has 140 valence electrons. The highest BCUT2D eigenvalue weighted by Crippen LogP contribution is 2.42. The van der Waals surface area contributed by atoms with Crippen LogP contribution in [0.15, 0.2) is 72.8 Å². The van der Waals surface area contributed by atoms with Crippen LogP contribution < -0.4 is 10.4 Å². The molecule has 0 bridgehead atoms. The van der Waals surface area contributed by atoms with Gasteiger partial charge in [0.1, 0.15) is 0 Å². The third kappa shape index (κ3) is 4.53. The molecule has 0 saturated carbocycles. The molecule has 0 aromatic heterocycles.